The zero-order valence-electron chi connectivity index (χ0n) is 10.5. The van der Waals surface area contributed by atoms with E-state index in [1.807, 2.05) is 25.2 Å². The molecule has 0 bridgehead atoms. The lowest BCUT2D eigenvalue weighted by Gasteiger charge is -2.17. The fourth-order valence-corrected chi connectivity index (χ4v) is 1.91. The van der Waals surface area contributed by atoms with Crippen molar-refractivity contribution in [1.29, 1.82) is 0 Å². The molecule has 2 heterocycles. The predicted octanol–water partition coefficient (Wildman–Crippen LogP) is 1.80. The van der Waals surface area contributed by atoms with Crippen molar-refractivity contribution >= 4 is 23.4 Å². The largest absolute Gasteiger partial charge is 0.478 e. The van der Waals surface area contributed by atoms with Gasteiger partial charge < -0.3 is 10.0 Å². The second kappa shape index (κ2) is 5.27. The predicted molar refractivity (Wildman–Crippen MR) is 71.5 cm³/mol. The molecule has 6 nitrogen and oxygen atoms in total. The SMILES string of the molecule is CN(Cc1cnn(C)c1)c1cc(C(=O)O)cc(Cl)n1. The van der Waals surface area contributed by atoms with Crippen molar-refractivity contribution in [3.8, 4) is 0 Å². The van der Waals surface area contributed by atoms with Gasteiger partial charge in [-0.05, 0) is 12.1 Å². The lowest BCUT2D eigenvalue weighted by atomic mass is 10.2. The molecule has 0 saturated heterocycles. The highest BCUT2D eigenvalue weighted by Crippen LogP contribution is 2.19. The number of carboxylic acids is 1. The van der Waals surface area contributed by atoms with E-state index in [4.69, 9.17) is 16.7 Å². The average molecular weight is 281 g/mol. The summed E-state index contributed by atoms with van der Waals surface area (Å²) in [7, 11) is 3.65. The van der Waals surface area contributed by atoms with Crippen LogP contribution in [0.3, 0.4) is 0 Å². The van der Waals surface area contributed by atoms with E-state index in [-0.39, 0.29) is 10.7 Å². The highest BCUT2D eigenvalue weighted by Gasteiger charge is 2.11. The molecule has 19 heavy (non-hydrogen) atoms. The van der Waals surface area contributed by atoms with E-state index in [0.717, 1.165) is 5.56 Å². The summed E-state index contributed by atoms with van der Waals surface area (Å²) in [4.78, 5) is 16.9. The summed E-state index contributed by atoms with van der Waals surface area (Å²) in [6, 6.07) is 2.82. The maximum absolute atomic E-state index is 11.0. The van der Waals surface area contributed by atoms with Gasteiger partial charge in [-0.3, -0.25) is 4.68 Å². The second-order valence-electron chi connectivity index (χ2n) is 4.22. The number of aromatic nitrogens is 3. The Morgan fingerprint density at radius 1 is 1.53 bits per heavy atom. The van der Waals surface area contributed by atoms with Crippen LogP contribution in [0.25, 0.3) is 0 Å². The molecule has 1 N–H and O–H groups in total. The van der Waals surface area contributed by atoms with Gasteiger partial charge in [-0.1, -0.05) is 11.6 Å². The van der Waals surface area contributed by atoms with E-state index in [1.165, 1.54) is 12.1 Å². The first-order valence-electron chi connectivity index (χ1n) is 5.55. The van der Waals surface area contributed by atoms with Gasteiger partial charge in [0.1, 0.15) is 11.0 Å². The molecular formula is C12H13ClN4O2. The summed E-state index contributed by atoms with van der Waals surface area (Å²) in [6.07, 6.45) is 3.64. The van der Waals surface area contributed by atoms with Crippen LogP contribution in [0.2, 0.25) is 5.15 Å². The number of hydrogen-bond acceptors (Lipinski definition) is 4. The number of rotatable bonds is 4. The highest BCUT2D eigenvalue weighted by molar-refractivity contribution is 6.29. The number of carbonyl (C=O) groups is 1. The van der Waals surface area contributed by atoms with E-state index in [1.54, 1.807) is 10.9 Å². The van der Waals surface area contributed by atoms with Crippen LogP contribution in [-0.2, 0) is 13.6 Å². The Hall–Kier alpha value is -2.08. The minimum absolute atomic E-state index is 0.119. The van der Waals surface area contributed by atoms with E-state index >= 15 is 0 Å². The summed E-state index contributed by atoms with van der Waals surface area (Å²) >= 11 is 5.83. The Balaban J connectivity index is 2.23. The van der Waals surface area contributed by atoms with Crippen molar-refractivity contribution in [2.45, 2.75) is 6.54 Å². The topological polar surface area (TPSA) is 71.2 Å². The van der Waals surface area contributed by atoms with Crippen LogP contribution in [0.1, 0.15) is 15.9 Å². The van der Waals surface area contributed by atoms with Gasteiger partial charge in [0.25, 0.3) is 0 Å². The molecule has 0 radical (unpaired) electrons. The van der Waals surface area contributed by atoms with E-state index < -0.39 is 5.97 Å². The van der Waals surface area contributed by atoms with Gasteiger partial charge in [-0.25, -0.2) is 9.78 Å². The van der Waals surface area contributed by atoms with Gasteiger partial charge in [0.2, 0.25) is 0 Å². The van der Waals surface area contributed by atoms with Crippen LogP contribution in [-0.4, -0.2) is 32.9 Å². The quantitative estimate of drug-likeness (QED) is 0.865. The monoisotopic (exact) mass is 280 g/mol. The van der Waals surface area contributed by atoms with Crippen LogP contribution in [0.4, 0.5) is 5.82 Å². The number of anilines is 1. The summed E-state index contributed by atoms with van der Waals surface area (Å²) in [6.45, 7) is 0.570. The minimum Gasteiger partial charge on any atom is -0.478 e. The molecule has 0 aromatic carbocycles. The molecule has 0 aliphatic heterocycles. The van der Waals surface area contributed by atoms with Gasteiger partial charge in [-0.2, -0.15) is 5.10 Å². The smallest absolute Gasteiger partial charge is 0.335 e. The molecule has 0 aliphatic rings. The first-order chi connectivity index (χ1) is 8.95. The third-order valence-corrected chi connectivity index (χ3v) is 2.79. The molecule has 0 unspecified atom stereocenters. The summed E-state index contributed by atoms with van der Waals surface area (Å²) < 4.78 is 1.71. The molecule has 7 heteroatoms. The molecule has 2 aromatic rings. The first kappa shape index (κ1) is 13.4. The van der Waals surface area contributed by atoms with Crippen LogP contribution in [0.5, 0.6) is 0 Å². The first-order valence-corrected chi connectivity index (χ1v) is 5.93. The fraction of sp³-hybridized carbons (Fsp3) is 0.250. The Labute approximate surface area is 115 Å². The molecular weight excluding hydrogens is 268 g/mol. The zero-order valence-corrected chi connectivity index (χ0v) is 11.3. The minimum atomic E-state index is -1.03. The van der Waals surface area contributed by atoms with Crippen LogP contribution in [0.15, 0.2) is 24.5 Å². The molecule has 0 atom stereocenters. The van der Waals surface area contributed by atoms with Crippen molar-refractivity contribution in [1.82, 2.24) is 14.8 Å². The molecule has 0 aliphatic carbocycles. The third-order valence-electron chi connectivity index (χ3n) is 2.60. The van der Waals surface area contributed by atoms with Gasteiger partial charge in [0, 0.05) is 32.4 Å². The Kier molecular flexibility index (Phi) is 3.71. The molecule has 0 amide bonds. The summed E-state index contributed by atoms with van der Waals surface area (Å²) in [5, 5.41) is 13.2. The van der Waals surface area contributed by atoms with Gasteiger partial charge in [-0.15, -0.1) is 0 Å². The Bertz CT molecular complexity index is 612. The third kappa shape index (κ3) is 3.23. The van der Waals surface area contributed by atoms with Crippen molar-refractivity contribution < 1.29 is 9.90 Å². The zero-order chi connectivity index (χ0) is 14.0. The van der Waals surface area contributed by atoms with Crippen molar-refractivity contribution in [3.05, 3.63) is 40.8 Å². The number of nitrogens with zero attached hydrogens (tertiary/aromatic N) is 4. The Morgan fingerprint density at radius 2 is 2.26 bits per heavy atom. The summed E-state index contributed by atoms with van der Waals surface area (Å²) in [5.74, 6) is -0.519. The number of hydrogen-bond donors (Lipinski definition) is 1. The molecule has 0 saturated carbocycles. The average Bonchev–Trinajstić information content (AvgIpc) is 2.73. The number of carboxylic acid groups (broad SMARTS) is 1. The van der Waals surface area contributed by atoms with E-state index in [2.05, 4.69) is 10.1 Å². The molecule has 100 valence electrons. The highest BCUT2D eigenvalue weighted by atomic mass is 35.5. The van der Waals surface area contributed by atoms with Gasteiger partial charge in [0.15, 0.2) is 0 Å². The molecule has 2 aromatic heterocycles. The molecule has 2 rings (SSSR count). The standard InChI is InChI=1S/C12H13ClN4O2/c1-16(6-8-5-14-17(2)7-8)11-4-9(12(18)19)3-10(13)15-11/h3-5,7H,6H2,1-2H3,(H,18,19). The Morgan fingerprint density at radius 3 is 2.84 bits per heavy atom. The second-order valence-corrected chi connectivity index (χ2v) is 4.61. The lowest BCUT2D eigenvalue weighted by molar-refractivity contribution is 0.0697. The normalized spacial score (nSPS) is 10.5. The summed E-state index contributed by atoms with van der Waals surface area (Å²) in [5.41, 5.74) is 1.12. The van der Waals surface area contributed by atoms with Crippen LogP contribution in [0, 0.1) is 0 Å². The number of aromatic carboxylic acids is 1. The molecule has 0 fully saturated rings. The van der Waals surface area contributed by atoms with Crippen LogP contribution >= 0.6 is 11.6 Å². The van der Waals surface area contributed by atoms with E-state index in [9.17, 15) is 4.79 Å². The van der Waals surface area contributed by atoms with Gasteiger partial charge in [0.05, 0.1) is 11.8 Å². The van der Waals surface area contributed by atoms with Gasteiger partial charge >= 0.3 is 5.97 Å². The number of pyridine rings is 1. The maximum atomic E-state index is 11.0. The lowest BCUT2D eigenvalue weighted by Crippen LogP contribution is -2.18. The maximum Gasteiger partial charge on any atom is 0.335 e. The van der Waals surface area contributed by atoms with Crippen molar-refractivity contribution in [2.24, 2.45) is 7.05 Å². The fourth-order valence-electron chi connectivity index (χ4n) is 1.71. The van der Waals surface area contributed by atoms with Crippen LogP contribution < -0.4 is 4.90 Å². The van der Waals surface area contributed by atoms with E-state index in [0.29, 0.717) is 12.4 Å². The number of halogens is 1. The van der Waals surface area contributed by atoms with Crippen molar-refractivity contribution in [3.63, 3.8) is 0 Å². The van der Waals surface area contributed by atoms with Crippen molar-refractivity contribution in [2.75, 3.05) is 11.9 Å². The number of aryl methyl sites for hydroxylation is 1. The molecule has 0 spiro atoms.